The summed E-state index contributed by atoms with van der Waals surface area (Å²) in [6, 6.07) is 1.96. The molecule has 1 aliphatic rings. The molecule has 11 heteroatoms. The van der Waals surface area contributed by atoms with Crippen LogP contribution in [0.2, 0.25) is 0 Å². The van der Waals surface area contributed by atoms with Crippen LogP contribution in [-0.2, 0) is 18.8 Å². The normalized spacial score (nSPS) is 14.7. The van der Waals surface area contributed by atoms with Crippen molar-refractivity contribution in [1.29, 1.82) is 0 Å². The molecule has 3 heterocycles. The van der Waals surface area contributed by atoms with Crippen LogP contribution in [0.5, 0.6) is 0 Å². The molecule has 2 aromatic rings. The number of hydrogen-bond donors (Lipinski definition) is 0. The van der Waals surface area contributed by atoms with Crippen LogP contribution >= 0.6 is 0 Å². The molecule has 0 radical (unpaired) electrons. The highest BCUT2D eigenvalue weighted by molar-refractivity contribution is 5.27. The van der Waals surface area contributed by atoms with Crippen molar-refractivity contribution < 1.29 is 26.3 Å². The van der Waals surface area contributed by atoms with E-state index in [4.69, 9.17) is 0 Å². The standard InChI is InChI=1S/C14H19F3N2O.C9H10F3NO/c1-10(2)19-9-11(4-7-18-5-3-6-18)12(8-13(19)20)14(15,16)17;1-6(2)13-4-3-7(5-8(13)14)9(10,11)12/h8-10H,3-7H2,1-2H3;3-6H,1-2H3. The lowest BCUT2D eigenvalue weighted by molar-refractivity contribution is -0.139. The van der Waals surface area contributed by atoms with Crippen molar-refractivity contribution in [3.63, 3.8) is 0 Å². The van der Waals surface area contributed by atoms with Crippen LogP contribution in [0.1, 0.15) is 62.9 Å². The third kappa shape index (κ3) is 7.22. The molecule has 0 unspecified atom stereocenters. The fraction of sp³-hybridized carbons (Fsp3) is 0.565. The number of aromatic nitrogens is 2. The molecule has 1 fully saturated rings. The topological polar surface area (TPSA) is 47.2 Å². The Balaban J connectivity index is 0.000000257. The maximum absolute atomic E-state index is 13.0. The molecule has 0 spiro atoms. The van der Waals surface area contributed by atoms with Crippen molar-refractivity contribution in [2.24, 2.45) is 0 Å². The number of likely N-dealkylation sites (tertiary alicyclic amines) is 1. The first-order valence-electron chi connectivity index (χ1n) is 10.9. The van der Waals surface area contributed by atoms with E-state index in [1.54, 1.807) is 27.7 Å². The van der Waals surface area contributed by atoms with Crippen molar-refractivity contribution in [2.45, 2.75) is 65.0 Å². The van der Waals surface area contributed by atoms with Crippen LogP contribution < -0.4 is 11.1 Å². The summed E-state index contributed by atoms with van der Waals surface area (Å²) in [5.41, 5.74) is -2.72. The Hall–Kier alpha value is -2.56. The summed E-state index contributed by atoms with van der Waals surface area (Å²) in [7, 11) is 0. The molecule has 5 nitrogen and oxygen atoms in total. The first-order chi connectivity index (χ1) is 15.6. The molecule has 0 atom stereocenters. The van der Waals surface area contributed by atoms with Crippen LogP contribution in [-0.4, -0.2) is 33.7 Å². The predicted octanol–water partition coefficient (Wildman–Crippen LogP) is 5.14. The van der Waals surface area contributed by atoms with Gasteiger partial charge >= 0.3 is 12.4 Å². The monoisotopic (exact) mass is 493 g/mol. The zero-order valence-electron chi connectivity index (χ0n) is 19.5. The van der Waals surface area contributed by atoms with Crippen LogP contribution in [0.4, 0.5) is 26.3 Å². The Kier molecular flexibility index (Phi) is 8.79. The average molecular weight is 493 g/mol. The molecule has 1 aliphatic heterocycles. The molecule has 0 amide bonds. The SMILES string of the molecule is CC(C)n1cc(CCN2CCC2)c(C(F)(F)F)cc1=O.CC(C)n1ccc(C(F)(F)F)cc1=O. The molecule has 0 bridgehead atoms. The van der Waals surface area contributed by atoms with Gasteiger partial charge in [-0.2, -0.15) is 26.3 Å². The van der Waals surface area contributed by atoms with E-state index in [1.165, 1.54) is 15.3 Å². The van der Waals surface area contributed by atoms with Gasteiger partial charge in [0.25, 0.3) is 11.1 Å². The fourth-order valence-electron chi connectivity index (χ4n) is 3.43. The van der Waals surface area contributed by atoms with Gasteiger partial charge in [-0.3, -0.25) is 9.59 Å². The fourth-order valence-corrected chi connectivity index (χ4v) is 3.43. The summed E-state index contributed by atoms with van der Waals surface area (Å²) in [5, 5.41) is 0. The van der Waals surface area contributed by atoms with Crippen molar-refractivity contribution >= 4 is 0 Å². The largest absolute Gasteiger partial charge is 0.416 e. The number of hydrogen-bond acceptors (Lipinski definition) is 3. The van der Waals surface area contributed by atoms with Gasteiger partial charge in [-0.05, 0) is 65.3 Å². The molecule has 0 aliphatic carbocycles. The van der Waals surface area contributed by atoms with Gasteiger partial charge in [0.2, 0.25) is 0 Å². The van der Waals surface area contributed by atoms with Gasteiger partial charge in [0, 0.05) is 43.2 Å². The number of pyridine rings is 2. The Morgan fingerprint density at radius 2 is 1.41 bits per heavy atom. The number of halogens is 6. The second kappa shape index (κ2) is 10.8. The van der Waals surface area contributed by atoms with E-state index < -0.39 is 34.6 Å². The Bertz CT molecular complexity index is 1080. The molecule has 0 N–H and O–H groups in total. The van der Waals surface area contributed by atoms with Crippen LogP contribution in [0, 0.1) is 0 Å². The van der Waals surface area contributed by atoms with Gasteiger partial charge in [0.05, 0.1) is 11.1 Å². The van der Waals surface area contributed by atoms with Gasteiger partial charge in [0.15, 0.2) is 0 Å². The smallest absolute Gasteiger partial charge is 0.313 e. The molecular weight excluding hydrogens is 464 g/mol. The van der Waals surface area contributed by atoms with E-state index in [0.29, 0.717) is 19.0 Å². The van der Waals surface area contributed by atoms with Gasteiger partial charge in [0.1, 0.15) is 0 Å². The molecule has 190 valence electrons. The summed E-state index contributed by atoms with van der Waals surface area (Å²) in [6.07, 6.45) is -4.96. The zero-order valence-corrected chi connectivity index (χ0v) is 19.5. The lowest BCUT2D eigenvalue weighted by Gasteiger charge is -2.31. The minimum Gasteiger partial charge on any atom is -0.313 e. The zero-order chi connectivity index (χ0) is 25.8. The predicted molar refractivity (Wildman–Crippen MR) is 117 cm³/mol. The minimum absolute atomic E-state index is 0.134. The third-order valence-electron chi connectivity index (χ3n) is 5.50. The van der Waals surface area contributed by atoms with E-state index in [2.05, 4.69) is 4.90 Å². The van der Waals surface area contributed by atoms with E-state index >= 15 is 0 Å². The average Bonchev–Trinajstić information content (AvgIpc) is 2.66. The Morgan fingerprint density at radius 3 is 1.82 bits per heavy atom. The van der Waals surface area contributed by atoms with Gasteiger partial charge in [-0.15, -0.1) is 0 Å². The highest BCUT2D eigenvalue weighted by atomic mass is 19.4. The van der Waals surface area contributed by atoms with E-state index in [1.807, 2.05) is 0 Å². The Labute approximate surface area is 193 Å². The van der Waals surface area contributed by atoms with Gasteiger partial charge in [-0.25, -0.2) is 0 Å². The maximum atomic E-state index is 13.0. The molecular formula is C23H29F6N3O2. The summed E-state index contributed by atoms with van der Waals surface area (Å²) < 4.78 is 78.1. The highest BCUT2D eigenvalue weighted by Crippen LogP contribution is 2.32. The van der Waals surface area contributed by atoms with Crippen molar-refractivity contribution in [1.82, 2.24) is 14.0 Å². The van der Waals surface area contributed by atoms with Crippen LogP contribution in [0.3, 0.4) is 0 Å². The van der Waals surface area contributed by atoms with Crippen molar-refractivity contribution in [3.8, 4) is 0 Å². The number of rotatable bonds is 5. The van der Waals surface area contributed by atoms with Gasteiger partial charge < -0.3 is 14.0 Å². The van der Waals surface area contributed by atoms with Crippen LogP contribution in [0.15, 0.2) is 40.2 Å². The second-order valence-corrected chi connectivity index (χ2v) is 8.75. The van der Waals surface area contributed by atoms with E-state index in [0.717, 1.165) is 37.8 Å². The number of alkyl halides is 6. The van der Waals surface area contributed by atoms with E-state index in [-0.39, 0.29) is 17.6 Å². The first kappa shape index (κ1) is 27.7. The molecule has 1 saturated heterocycles. The molecule has 3 rings (SSSR count). The molecule has 0 saturated carbocycles. The Morgan fingerprint density at radius 1 is 0.853 bits per heavy atom. The third-order valence-corrected chi connectivity index (χ3v) is 5.50. The van der Waals surface area contributed by atoms with Crippen molar-refractivity contribution in [3.05, 3.63) is 68.0 Å². The molecule has 34 heavy (non-hydrogen) atoms. The maximum Gasteiger partial charge on any atom is 0.416 e. The lowest BCUT2D eigenvalue weighted by Crippen LogP contribution is -2.38. The second-order valence-electron chi connectivity index (χ2n) is 8.75. The summed E-state index contributed by atoms with van der Waals surface area (Å²) >= 11 is 0. The first-order valence-corrected chi connectivity index (χ1v) is 10.9. The van der Waals surface area contributed by atoms with Gasteiger partial charge in [-0.1, -0.05) is 0 Å². The molecule has 0 aromatic carbocycles. The molecule has 2 aromatic heterocycles. The van der Waals surface area contributed by atoms with E-state index in [9.17, 15) is 35.9 Å². The van der Waals surface area contributed by atoms with Crippen molar-refractivity contribution in [2.75, 3.05) is 19.6 Å². The highest BCUT2D eigenvalue weighted by Gasteiger charge is 2.34. The lowest BCUT2D eigenvalue weighted by atomic mass is 10.0. The van der Waals surface area contributed by atoms with Crippen LogP contribution in [0.25, 0.3) is 0 Å². The summed E-state index contributed by atoms with van der Waals surface area (Å²) in [4.78, 5) is 25.0. The summed E-state index contributed by atoms with van der Waals surface area (Å²) in [6.45, 7) is 9.54. The minimum atomic E-state index is -4.47. The number of nitrogens with zero attached hydrogens (tertiary/aromatic N) is 3. The quantitative estimate of drug-likeness (QED) is 0.542. The summed E-state index contributed by atoms with van der Waals surface area (Å²) in [5.74, 6) is 0.